The van der Waals surface area contributed by atoms with Crippen LogP contribution in [0.15, 0.2) is 61.7 Å². The highest BCUT2D eigenvalue weighted by atomic mass is 35.5. The number of hydrogen-bond acceptors (Lipinski definition) is 6. The van der Waals surface area contributed by atoms with Crippen LogP contribution in [0.3, 0.4) is 0 Å². The van der Waals surface area contributed by atoms with Crippen molar-refractivity contribution in [2.24, 2.45) is 0 Å². The number of hydrogen-bond donors (Lipinski definition) is 2. The van der Waals surface area contributed by atoms with E-state index in [1.165, 1.54) is 24.0 Å². The molecule has 2 heterocycles. The number of aromatic nitrogens is 1. The van der Waals surface area contributed by atoms with Gasteiger partial charge in [0.25, 0.3) is 5.91 Å². The third-order valence-corrected chi connectivity index (χ3v) is 5.40. The van der Waals surface area contributed by atoms with Crippen molar-refractivity contribution in [2.75, 3.05) is 24.6 Å². The molecule has 2 aromatic rings. The average Bonchev–Trinajstić information content (AvgIpc) is 3.26. The fourth-order valence-electron chi connectivity index (χ4n) is 3.59. The molecule has 1 aromatic heterocycles. The first-order chi connectivity index (χ1) is 16.8. The third kappa shape index (κ3) is 7.07. The van der Waals surface area contributed by atoms with Gasteiger partial charge in [0.15, 0.2) is 0 Å². The fraction of sp³-hybridized carbons (Fsp3) is 0.280. The number of anilines is 1. The number of amides is 3. The van der Waals surface area contributed by atoms with Gasteiger partial charge in [-0.1, -0.05) is 42.5 Å². The van der Waals surface area contributed by atoms with Gasteiger partial charge in [0.2, 0.25) is 5.91 Å². The maximum absolute atomic E-state index is 13.2. The molecule has 0 aliphatic carbocycles. The van der Waals surface area contributed by atoms with Crippen molar-refractivity contribution < 1.29 is 23.9 Å². The molecule has 0 bridgehead atoms. The van der Waals surface area contributed by atoms with Gasteiger partial charge in [-0.3, -0.25) is 14.5 Å². The van der Waals surface area contributed by atoms with Gasteiger partial charge in [0, 0.05) is 19.0 Å². The number of carbonyl (C=O) groups is 3. The quantitative estimate of drug-likeness (QED) is 0.363. The van der Waals surface area contributed by atoms with Gasteiger partial charge in [0.05, 0.1) is 12.6 Å². The Balaban J connectivity index is 1.84. The summed E-state index contributed by atoms with van der Waals surface area (Å²) in [6.45, 7) is 9.49. The molecule has 2 atom stereocenters. The molecule has 1 aromatic carbocycles. The van der Waals surface area contributed by atoms with Crippen LogP contribution in [0.25, 0.3) is 0 Å². The summed E-state index contributed by atoms with van der Waals surface area (Å²) >= 11 is 6.16. The number of nitrogens with zero attached hydrogens (tertiary/aromatic N) is 2. The highest BCUT2D eigenvalue weighted by molar-refractivity contribution is 6.30. The van der Waals surface area contributed by atoms with Crippen molar-refractivity contribution >= 4 is 35.3 Å². The first-order valence-corrected chi connectivity index (χ1v) is 11.3. The minimum absolute atomic E-state index is 0.0561. The number of rotatable bonds is 11. The maximum atomic E-state index is 13.2. The van der Waals surface area contributed by atoms with E-state index >= 15 is 0 Å². The lowest BCUT2D eigenvalue weighted by Gasteiger charge is -2.24. The minimum Gasteiger partial charge on any atom is -0.490 e. The average molecular weight is 499 g/mol. The van der Waals surface area contributed by atoms with Gasteiger partial charge in [-0.05, 0) is 36.2 Å². The Bertz CT molecular complexity index is 1120. The van der Waals surface area contributed by atoms with Crippen LogP contribution in [0.2, 0.25) is 5.15 Å². The highest BCUT2D eigenvalue weighted by Gasteiger charge is 2.32. The Labute approximate surface area is 208 Å². The number of pyridine rings is 1. The lowest BCUT2D eigenvalue weighted by molar-refractivity contribution is -0.116. The van der Waals surface area contributed by atoms with Crippen molar-refractivity contribution in [3.63, 3.8) is 0 Å². The Hall–Kier alpha value is -3.85. The van der Waals surface area contributed by atoms with Crippen LogP contribution in [-0.4, -0.2) is 54.7 Å². The molecule has 1 aliphatic rings. The SMILES string of the molecule is C=CCOc1cccc(C[C@H](NC(=O)c2cc(Cl)nc(N(CC=C)C(C)=O)c2)[C@H]2CNC(=O)O2)c1. The first kappa shape index (κ1) is 25.8. The van der Waals surface area contributed by atoms with Crippen LogP contribution in [0.5, 0.6) is 5.75 Å². The predicted molar refractivity (Wildman–Crippen MR) is 133 cm³/mol. The molecule has 35 heavy (non-hydrogen) atoms. The number of carbonyl (C=O) groups excluding carboxylic acids is 3. The normalized spacial score (nSPS) is 15.4. The highest BCUT2D eigenvalue weighted by Crippen LogP contribution is 2.21. The van der Waals surface area contributed by atoms with Crippen molar-refractivity contribution in [1.29, 1.82) is 0 Å². The fourth-order valence-corrected chi connectivity index (χ4v) is 3.80. The summed E-state index contributed by atoms with van der Waals surface area (Å²) in [7, 11) is 0. The largest absolute Gasteiger partial charge is 0.490 e. The predicted octanol–water partition coefficient (Wildman–Crippen LogP) is 3.29. The second kappa shape index (κ2) is 12.0. The zero-order valence-corrected chi connectivity index (χ0v) is 20.1. The van der Waals surface area contributed by atoms with Gasteiger partial charge in [-0.2, -0.15) is 0 Å². The van der Waals surface area contributed by atoms with E-state index in [1.807, 2.05) is 24.3 Å². The molecule has 1 aliphatic heterocycles. The lowest BCUT2D eigenvalue weighted by Crippen LogP contribution is -2.46. The van der Waals surface area contributed by atoms with Gasteiger partial charge in [-0.15, -0.1) is 6.58 Å². The summed E-state index contributed by atoms with van der Waals surface area (Å²) in [6, 6.07) is 9.75. The van der Waals surface area contributed by atoms with Crippen LogP contribution in [0.4, 0.5) is 10.6 Å². The number of cyclic esters (lactones) is 1. The smallest absolute Gasteiger partial charge is 0.407 e. The molecular formula is C25H27ClN4O5. The molecule has 3 rings (SSSR count). The van der Waals surface area contributed by atoms with Gasteiger partial charge in [0.1, 0.15) is 29.4 Å². The molecule has 0 unspecified atom stereocenters. The summed E-state index contributed by atoms with van der Waals surface area (Å²) < 4.78 is 11.0. The summed E-state index contributed by atoms with van der Waals surface area (Å²) in [6.07, 6.45) is 2.44. The van der Waals surface area contributed by atoms with E-state index in [4.69, 9.17) is 21.1 Å². The van der Waals surface area contributed by atoms with Gasteiger partial charge >= 0.3 is 6.09 Å². The third-order valence-electron chi connectivity index (χ3n) is 5.20. The van der Waals surface area contributed by atoms with Crippen molar-refractivity contribution in [3.8, 4) is 5.75 Å². The topological polar surface area (TPSA) is 110 Å². The van der Waals surface area contributed by atoms with Crippen LogP contribution >= 0.6 is 11.6 Å². The Morgan fingerprint density at radius 1 is 1.34 bits per heavy atom. The van der Waals surface area contributed by atoms with Crippen LogP contribution in [-0.2, 0) is 16.0 Å². The van der Waals surface area contributed by atoms with Gasteiger partial charge in [-0.25, -0.2) is 9.78 Å². The van der Waals surface area contributed by atoms with E-state index in [9.17, 15) is 14.4 Å². The molecular weight excluding hydrogens is 472 g/mol. The molecule has 0 spiro atoms. The number of alkyl carbamates (subject to hydrolysis) is 1. The Morgan fingerprint density at radius 2 is 2.14 bits per heavy atom. The standard InChI is InChI=1S/C25H27ClN4O5/c1-4-9-30(16(3)31)23-14-18(13-22(26)29-23)24(32)28-20(21-15-27-25(33)35-21)12-17-7-6-8-19(11-17)34-10-5-2/h4-8,11,13-14,20-21H,1-2,9-10,12,15H2,3H3,(H,27,33)(H,28,32)/t20-,21+/m0/s1. The van der Waals surface area contributed by atoms with Crippen LogP contribution < -0.4 is 20.3 Å². The van der Waals surface area contributed by atoms with Crippen molar-refractivity contribution in [2.45, 2.75) is 25.5 Å². The van der Waals surface area contributed by atoms with Gasteiger partial charge < -0.3 is 20.1 Å². The zero-order chi connectivity index (χ0) is 25.4. The van der Waals surface area contributed by atoms with E-state index in [0.717, 1.165) is 5.56 Å². The van der Waals surface area contributed by atoms with Crippen LogP contribution in [0.1, 0.15) is 22.8 Å². The summed E-state index contributed by atoms with van der Waals surface area (Å²) in [4.78, 5) is 42.5. The molecule has 1 saturated heterocycles. The van der Waals surface area contributed by atoms with E-state index in [0.29, 0.717) is 18.8 Å². The molecule has 10 heteroatoms. The summed E-state index contributed by atoms with van der Waals surface area (Å²) in [5, 5.41) is 5.61. The number of nitrogens with one attached hydrogen (secondary N) is 2. The number of halogens is 1. The molecule has 0 saturated carbocycles. The second-order valence-corrected chi connectivity index (χ2v) is 8.20. The number of benzene rings is 1. The van der Waals surface area contributed by atoms with Crippen molar-refractivity contribution in [1.82, 2.24) is 15.6 Å². The summed E-state index contributed by atoms with van der Waals surface area (Å²) in [5.74, 6) is 0.162. The Morgan fingerprint density at radius 3 is 2.80 bits per heavy atom. The molecule has 9 nitrogen and oxygen atoms in total. The molecule has 184 valence electrons. The maximum Gasteiger partial charge on any atom is 0.407 e. The van der Waals surface area contributed by atoms with Crippen molar-refractivity contribution in [3.05, 3.63) is 78.0 Å². The van der Waals surface area contributed by atoms with E-state index < -0.39 is 24.1 Å². The van der Waals surface area contributed by atoms with E-state index in [1.54, 1.807) is 12.2 Å². The summed E-state index contributed by atoms with van der Waals surface area (Å²) in [5.41, 5.74) is 1.09. The molecule has 1 fully saturated rings. The van der Waals surface area contributed by atoms with Crippen LogP contribution in [0, 0.1) is 0 Å². The first-order valence-electron chi connectivity index (χ1n) is 10.9. The molecule has 3 amide bonds. The molecule has 0 radical (unpaired) electrons. The Kier molecular flexibility index (Phi) is 8.86. The zero-order valence-electron chi connectivity index (χ0n) is 19.3. The monoisotopic (exact) mass is 498 g/mol. The second-order valence-electron chi connectivity index (χ2n) is 7.81. The molecule has 2 N–H and O–H groups in total. The van der Waals surface area contributed by atoms with E-state index in [-0.39, 0.29) is 35.5 Å². The number of ether oxygens (including phenoxy) is 2. The van der Waals surface area contributed by atoms with E-state index in [2.05, 4.69) is 28.8 Å². The minimum atomic E-state index is -0.588. The lowest BCUT2D eigenvalue weighted by atomic mass is 10.0.